The van der Waals surface area contributed by atoms with Gasteiger partial charge in [-0.25, -0.2) is 0 Å². The van der Waals surface area contributed by atoms with Gasteiger partial charge < -0.3 is 5.32 Å². The molecule has 1 aromatic carbocycles. The van der Waals surface area contributed by atoms with Gasteiger partial charge in [-0.2, -0.15) is 0 Å². The largest absolute Gasteiger partial charge is 0.311 e. The molecule has 0 aromatic heterocycles. The van der Waals surface area contributed by atoms with Crippen molar-refractivity contribution >= 4 is 0 Å². The van der Waals surface area contributed by atoms with Crippen LogP contribution in [0.25, 0.3) is 0 Å². The smallest absolute Gasteiger partial charge is 0.0250 e. The zero-order valence-electron chi connectivity index (χ0n) is 12.9. The summed E-state index contributed by atoms with van der Waals surface area (Å²) in [5.74, 6) is 0.736. The first-order chi connectivity index (χ1) is 9.74. The van der Waals surface area contributed by atoms with E-state index >= 15 is 0 Å². The van der Waals surface area contributed by atoms with Gasteiger partial charge in [0.25, 0.3) is 0 Å². The third-order valence-electron chi connectivity index (χ3n) is 4.53. The van der Waals surface area contributed by atoms with E-state index in [1.54, 1.807) is 0 Å². The maximum atomic E-state index is 3.92. The number of nitrogens with zero attached hydrogens (tertiary/aromatic N) is 1. The van der Waals surface area contributed by atoms with Gasteiger partial charge in [0.05, 0.1) is 0 Å². The average Bonchev–Trinajstić information content (AvgIpc) is 2.48. The Balaban J connectivity index is 1.97. The Morgan fingerprint density at radius 3 is 2.80 bits per heavy atom. The first-order valence-corrected chi connectivity index (χ1v) is 7.86. The fourth-order valence-corrected chi connectivity index (χ4v) is 3.14. The fourth-order valence-electron chi connectivity index (χ4n) is 3.14. The molecule has 1 saturated heterocycles. The number of benzene rings is 1. The second-order valence-electron chi connectivity index (χ2n) is 5.99. The monoisotopic (exact) mass is 272 g/mol. The van der Waals surface area contributed by atoms with Crippen LogP contribution in [0.2, 0.25) is 0 Å². The standard InChI is InChI=1S/C18H28N2/c1-4-11-20-14-17(12-16-9-7-6-8-10-16)19-13-18(20)15(3)5-2/h4,6-10,15,17-19H,1,5,11-14H2,2-3H3. The van der Waals surface area contributed by atoms with Gasteiger partial charge in [-0.15, -0.1) is 6.58 Å². The third-order valence-corrected chi connectivity index (χ3v) is 4.53. The molecule has 0 bridgehead atoms. The minimum Gasteiger partial charge on any atom is -0.311 e. The minimum atomic E-state index is 0.553. The predicted molar refractivity (Wildman–Crippen MR) is 86.9 cm³/mol. The maximum Gasteiger partial charge on any atom is 0.0250 e. The summed E-state index contributed by atoms with van der Waals surface area (Å²) in [5.41, 5.74) is 1.42. The van der Waals surface area contributed by atoms with E-state index in [4.69, 9.17) is 0 Å². The molecular formula is C18H28N2. The molecule has 0 spiro atoms. The molecule has 1 aromatic rings. The summed E-state index contributed by atoms with van der Waals surface area (Å²) in [5, 5.41) is 3.75. The summed E-state index contributed by atoms with van der Waals surface area (Å²) in [6.07, 6.45) is 4.39. The lowest BCUT2D eigenvalue weighted by atomic mass is 9.93. The first kappa shape index (κ1) is 15.3. The molecule has 0 amide bonds. The summed E-state index contributed by atoms with van der Waals surface area (Å²) in [6.45, 7) is 11.8. The van der Waals surface area contributed by atoms with Gasteiger partial charge in [0.15, 0.2) is 0 Å². The van der Waals surface area contributed by atoms with E-state index in [-0.39, 0.29) is 0 Å². The van der Waals surface area contributed by atoms with E-state index in [2.05, 4.69) is 61.0 Å². The van der Waals surface area contributed by atoms with E-state index in [1.807, 2.05) is 6.08 Å². The molecule has 1 aliphatic heterocycles. The highest BCUT2D eigenvalue weighted by molar-refractivity contribution is 5.16. The molecule has 1 heterocycles. The lowest BCUT2D eigenvalue weighted by molar-refractivity contribution is 0.104. The summed E-state index contributed by atoms with van der Waals surface area (Å²) in [4.78, 5) is 2.60. The summed E-state index contributed by atoms with van der Waals surface area (Å²) in [7, 11) is 0. The second kappa shape index (κ2) is 7.61. The fraction of sp³-hybridized carbons (Fsp3) is 0.556. The van der Waals surface area contributed by atoms with Crippen LogP contribution >= 0.6 is 0 Å². The van der Waals surface area contributed by atoms with Crippen LogP contribution in [0.4, 0.5) is 0 Å². The van der Waals surface area contributed by atoms with E-state index in [1.165, 1.54) is 12.0 Å². The van der Waals surface area contributed by atoms with Gasteiger partial charge in [-0.1, -0.05) is 56.7 Å². The van der Waals surface area contributed by atoms with Crippen molar-refractivity contribution in [1.82, 2.24) is 10.2 Å². The molecule has 1 aliphatic rings. The molecule has 3 unspecified atom stereocenters. The van der Waals surface area contributed by atoms with Crippen molar-refractivity contribution in [2.45, 2.75) is 38.8 Å². The zero-order valence-corrected chi connectivity index (χ0v) is 12.9. The van der Waals surface area contributed by atoms with E-state index in [9.17, 15) is 0 Å². The Labute approximate surface area is 123 Å². The van der Waals surface area contributed by atoms with E-state index in [0.717, 1.165) is 32.0 Å². The minimum absolute atomic E-state index is 0.553. The molecule has 1 fully saturated rings. The normalized spacial score (nSPS) is 25.3. The van der Waals surface area contributed by atoms with Crippen LogP contribution in [0.5, 0.6) is 0 Å². The van der Waals surface area contributed by atoms with Crippen LogP contribution in [0.15, 0.2) is 43.0 Å². The Hall–Kier alpha value is -1.12. The zero-order chi connectivity index (χ0) is 14.4. The molecule has 2 rings (SSSR count). The van der Waals surface area contributed by atoms with Crippen LogP contribution in [-0.4, -0.2) is 36.6 Å². The molecular weight excluding hydrogens is 244 g/mol. The lowest BCUT2D eigenvalue weighted by Gasteiger charge is -2.42. The Morgan fingerprint density at radius 2 is 2.15 bits per heavy atom. The van der Waals surface area contributed by atoms with Gasteiger partial charge in [0, 0.05) is 31.7 Å². The molecule has 2 nitrogen and oxygen atoms in total. The van der Waals surface area contributed by atoms with Crippen LogP contribution in [0, 0.1) is 5.92 Å². The van der Waals surface area contributed by atoms with Gasteiger partial charge in [0.1, 0.15) is 0 Å². The van der Waals surface area contributed by atoms with Crippen molar-refractivity contribution in [3.63, 3.8) is 0 Å². The Kier molecular flexibility index (Phi) is 5.81. The number of nitrogens with one attached hydrogen (secondary N) is 1. The molecule has 0 aliphatic carbocycles. The summed E-state index contributed by atoms with van der Waals surface area (Å²) < 4.78 is 0. The van der Waals surface area contributed by atoms with Crippen molar-refractivity contribution in [3.05, 3.63) is 48.6 Å². The van der Waals surface area contributed by atoms with Gasteiger partial charge in [0.2, 0.25) is 0 Å². The first-order valence-electron chi connectivity index (χ1n) is 7.86. The molecule has 2 heteroatoms. The third kappa shape index (κ3) is 3.94. The molecule has 3 atom stereocenters. The number of hydrogen-bond donors (Lipinski definition) is 1. The maximum absolute atomic E-state index is 3.92. The second-order valence-corrected chi connectivity index (χ2v) is 5.99. The van der Waals surface area contributed by atoms with Crippen LogP contribution in [-0.2, 0) is 6.42 Å². The molecule has 110 valence electrons. The van der Waals surface area contributed by atoms with E-state index in [0.29, 0.717) is 12.1 Å². The SMILES string of the molecule is C=CCN1CC(Cc2ccccc2)NCC1C(C)CC. The van der Waals surface area contributed by atoms with Gasteiger partial charge in [-0.3, -0.25) is 4.90 Å². The Morgan fingerprint density at radius 1 is 1.40 bits per heavy atom. The number of rotatable bonds is 6. The van der Waals surface area contributed by atoms with Gasteiger partial charge in [-0.05, 0) is 17.9 Å². The lowest BCUT2D eigenvalue weighted by Crippen LogP contribution is -2.59. The predicted octanol–water partition coefficient (Wildman–Crippen LogP) is 3.10. The summed E-state index contributed by atoms with van der Waals surface area (Å²) >= 11 is 0. The van der Waals surface area contributed by atoms with Crippen LogP contribution in [0.1, 0.15) is 25.8 Å². The molecule has 20 heavy (non-hydrogen) atoms. The number of piperazine rings is 1. The average molecular weight is 272 g/mol. The highest BCUT2D eigenvalue weighted by Gasteiger charge is 2.29. The molecule has 0 saturated carbocycles. The molecule has 0 radical (unpaired) electrons. The van der Waals surface area contributed by atoms with Crippen molar-refractivity contribution < 1.29 is 0 Å². The van der Waals surface area contributed by atoms with Crippen molar-refractivity contribution in [2.75, 3.05) is 19.6 Å². The topological polar surface area (TPSA) is 15.3 Å². The van der Waals surface area contributed by atoms with Crippen molar-refractivity contribution in [3.8, 4) is 0 Å². The van der Waals surface area contributed by atoms with Crippen LogP contribution < -0.4 is 5.32 Å². The van der Waals surface area contributed by atoms with Gasteiger partial charge >= 0.3 is 0 Å². The van der Waals surface area contributed by atoms with Crippen LogP contribution in [0.3, 0.4) is 0 Å². The van der Waals surface area contributed by atoms with Crippen molar-refractivity contribution in [1.29, 1.82) is 0 Å². The quantitative estimate of drug-likeness (QED) is 0.801. The number of hydrogen-bond acceptors (Lipinski definition) is 2. The molecule has 1 N–H and O–H groups in total. The highest BCUT2D eigenvalue weighted by atomic mass is 15.2. The van der Waals surface area contributed by atoms with Crippen molar-refractivity contribution in [2.24, 2.45) is 5.92 Å². The summed E-state index contributed by atoms with van der Waals surface area (Å²) in [6, 6.07) is 12.0. The Bertz CT molecular complexity index is 401. The van der Waals surface area contributed by atoms with E-state index < -0.39 is 0 Å². The highest BCUT2D eigenvalue weighted by Crippen LogP contribution is 2.19.